The topological polar surface area (TPSA) is 122 Å². The third-order valence-corrected chi connectivity index (χ3v) is 4.90. The van der Waals surface area contributed by atoms with Crippen LogP contribution in [0, 0.1) is 5.41 Å². The van der Waals surface area contributed by atoms with Gasteiger partial charge < -0.3 is 21.0 Å². The molecule has 0 spiro atoms. The summed E-state index contributed by atoms with van der Waals surface area (Å²) in [7, 11) is 1.59. The molecule has 1 aliphatic rings. The van der Waals surface area contributed by atoms with Gasteiger partial charge in [0.05, 0.1) is 18.5 Å². The normalized spacial score (nSPS) is 15.5. The van der Waals surface area contributed by atoms with Crippen LogP contribution >= 0.6 is 0 Å². The minimum atomic E-state index is -0.617. The Morgan fingerprint density at radius 1 is 1.14 bits per heavy atom. The number of nitrogens with zero attached hydrogens (tertiary/aromatic N) is 2. The van der Waals surface area contributed by atoms with Gasteiger partial charge in [-0.3, -0.25) is 10.3 Å². The van der Waals surface area contributed by atoms with Crippen LogP contribution in [0.5, 0.6) is 5.75 Å². The highest BCUT2D eigenvalue weighted by Gasteiger charge is 2.20. The Hall–Kier alpha value is -2.85. The average Bonchev–Trinajstić information content (AvgIpc) is 2.77. The molecule has 1 aliphatic heterocycles. The van der Waals surface area contributed by atoms with E-state index < -0.39 is 6.23 Å². The molecule has 0 bridgehead atoms. The lowest BCUT2D eigenvalue weighted by Crippen LogP contribution is -2.54. The molecule has 7 N–H and O–H groups in total. The Bertz CT molecular complexity index is 794. The predicted octanol–water partition coefficient (Wildman–Crippen LogP) is 1.91. The summed E-state index contributed by atoms with van der Waals surface area (Å²) in [4.78, 5) is 2.08. The number of rotatable bonds is 8. The lowest BCUT2D eigenvalue weighted by atomic mass is 10.1. The number of likely N-dealkylation sites (tertiary alicyclic amines) is 1. The minimum Gasteiger partial charge on any atom is -0.495 e. The molecule has 0 aromatic heterocycles. The van der Waals surface area contributed by atoms with Gasteiger partial charge in [0.25, 0.3) is 0 Å². The second-order valence-corrected chi connectivity index (χ2v) is 6.84. The molecular weight excluding hydrogens is 370 g/mol. The number of hydrogen-bond acceptors (Lipinski definition) is 7. The quantitative estimate of drug-likeness (QED) is 0.226. The summed E-state index contributed by atoms with van der Waals surface area (Å²) in [6.45, 7) is 1.81. The lowest BCUT2D eigenvalue weighted by Gasteiger charge is -2.31. The third-order valence-electron chi connectivity index (χ3n) is 4.90. The number of nitrogens with one attached hydrogen (secondary N) is 4. The summed E-state index contributed by atoms with van der Waals surface area (Å²) >= 11 is 0. The van der Waals surface area contributed by atoms with Gasteiger partial charge in [-0.25, -0.2) is 5.01 Å². The molecule has 1 heterocycles. The van der Waals surface area contributed by atoms with Crippen molar-refractivity contribution < 1.29 is 9.84 Å². The number of hydrazine groups is 3. The molecule has 2 aromatic rings. The lowest BCUT2D eigenvalue weighted by molar-refractivity contribution is -0.00981. The molecule has 0 radical (unpaired) electrons. The van der Waals surface area contributed by atoms with Crippen molar-refractivity contribution in [3.8, 4) is 5.75 Å². The van der Waals surface area contributed by atoms with Gasteiger partial charge in [0.2, 0.25) is 5.96 Å². The maximum atomic E-state index is 10.6. The summed E-state index contributed by atoms with van der Waals surface area (Å²) in [5, 5.41) is 19.8. The highest BCUT2D eigenvalue weighted by atomic mass is 16.5. The predicted molar refractivity (Wildman–Crippen MR) is 114 cm³/mol. The number of piperidine rings is 1. The van der Waals surface area contributed by atoms with Gasteiger partial charge in [0.15, 0.2) is 0 Å². The second kappa shape index (κ2) is 10.1. The minimum absolute atomic E-state index is 0.191. The second-order valence-electron chi connectivity index (χ2n) is 6.84. The molecule has 1 atom stereocenters. The SMILES string of the molecule is COc1ccccc1NNNN(C(=N)N)c1ccc(C(O)N2CCCCC2)cc1. The fourth-order valence-corrected chi connectivity index (χ4v) is 3.33. The van der Waals surface area contributed by atoms with Crippen molar-refractivity contribution in [2.45, 2.75) is 25.5 Å². The maximum absolute atomic E-state index is 10.6. The first-order valence-electron chi connectivity index (χ1n) is 9.66. The van der Waals surface area contributed by atoms with E-state index in [0.29, 0.717) is 11.4 Å². The maximum Gasteiger partial charge on any atom is 0.209 e. The molecule has 29 heavy (non-hydrogen) atoms. The molecule has 1 saturated heterocycles. The fraction of sp³-hybridized carbons (Fsp3) is 0.350. The average molecular weight is 399 g/mol. The molecule has 1 fully saturated rings. The highest BCUT2D eigenvalue weighted by Crippen LogP contribution is 2.24. The largest absolute Gasteiger partial charge is 0.495 e. The van der Waals surface area contributed by atoms with E-state index in [1.807, 2.05) is 48.5 Å². The smallest absolute Gasteiger partial charge is 0.209 e. The summed E-state index contributed by atoms with van der Waals surface area (Å²) in [6.07, 6.45) is 2.83. The van der Waals surface area contributed by atoms with Gasteiger partial charge in [-0.15, -0.1) is 5.53 Å². The summed E-state index contributed by atoms with van der Waals surface area (Å²) in [6, 6.07) is 14.7. The zero-order valence-electron chi connectivity index (χ0n) is 16.6. The van der Waals surface area contributed by atoms with Gasteiger partial charge in [0.1, 0.15) is 12.0 Å². The van der Waals surface area contributed by atoms with Crippen LogP contribution in [-0.4, -0.2) is 36.2 Å². The van der Waals surface area contributed by atoms with Crippen molar-refractivity contribution in [1.82, 2.24) is 16.0 Å². The molecule has 2 aromatic carbocycles. The van der Waals surface area contributed by atoms with Gasteiger partial charge >= 0.3 is 0 Å². The number of aliphatic hydroxyl groups is 1. The van der Waals surface area contributed by atoms with Crippen LogP contribution in [0.3, 0.4) is 0 Å². The Morgan fingerprint density at radius 2 is 1.83 bits per heavy atom. The van der Waals surface area contributed by atoms with E-state index in [0.717, 1.165) is 37.2 Å². The zero-order valence-corrected chi connectivity index (χ0v) is 16.6. The summed E-state index contributed by atoms with van der Waals surface area (Å²) < 4.78 is 5.28. The number of aliphatic hydroxyl groups excluding tert-OH is 1. The first-order chi connectivity index (χ1) is 14.1. The summed E-state index contributed by atoms with van der Waals surface area (Å²) in [5.41, 5.74) is 16.5. The standard InChI is InChI=1S/C20H29N7O2/c1-29-18-8-4-3-7-17(18)23-24-25-27(20(21)22)16-11-9-15(10-12-16)19(28)26-13-5-2-6-14-26/h3-4,7-12,19,23-25,28H,2,5-6,13-14H2,1H3,(H3,21,22). The van der Waals surface area contributed by atoms with Crippen LogP contribution in [0.25, 0.3) is 0 Å². The van der Waals surface area contributed by atoms with E-state index >= 15 is 0 Å². The van der Waals surface area contributed by atoms with Crippen LogP contribution < -0.4 is 32.0 Å². The Morgan fingerprint density at radius 3 is 2.48 bits per heavy atom. The van der Waals surface area contributed by atoms with Gasteiger partial charge in [-0.05, 0) is 42.7 Å². The number of guanidine groups is 1. The Labute approximate surface area is 170 Å². The van der Waals surface area contributed by atoms with Crippen molar-refractivity contribution in [3.05, 3.63) is 54.1 Å². The number of para-hydroxylation sites is 2. The zero-order chi connectivity index (χ0) is 20.6. The molecule has 0 aliphatic carbocycles. The van der Waals surface area contributed by atoms with Crippen LogP contribution in [0.1, 0.15) is 31.1 Å². The van der Waals surface area contributed by atoms with E-state index in [1.165, 1.54) is 11.4 Å². The number of hydrogen-bond donors (Lipinski definition) is 6. The number of benzene rings is 2. The number of ether oxygens (including phenoxy) is 1. The molecule has 0 saturated carbocycles. The van der Waals surface area contributed by atoms with Crippen molar-refractivity contribution in [1.29, 1.82) is 5.41 Å². The van der Waals surface area contributed by atoms with Crippen molar-refractivity contribution in [2.75, 3.05) is 30.6 Å². The third kappa shape index (κ3) is 5.36. The van der Waals surface area contributed by atoms with E-state index in [-0.39, 0.29) is 5.96 Å². The van der Waals surface area contributed by atoms with Gasteiger partial charge in [0, 0.05) is 13.1 Å². The van der Waals surface area contributed by atoms with Crippen LogP contribution in [0.2, 0.25) is 0 Å². The molecule has 9 heteroatoms. The molecule has 1 unspecified atom stereocenters. The fourth-order valence-electron chi connectivity index (χ4n) is 3.33. The number of nitrogens with two attached hydrogens (primary N) is 1. The monoisotopic (exact) mass is 399 g/mol. The number of methoxy groups -OCH3 is 1. The summed E-state index contributed by atoms with van der Waals surface area (Å²) in [5.74, 6) is 0.482. The first-order valence-corrected chi connectivity index (χ1v) is 9.66. The Balaban J connectivity index is 1.62. The van der Waals surface area contributed by atoms with Gasteiger partial charge in [-0.2, -0.15) is 5.53 Å². The molecule has 0 amide bonds. The highest BCUT2D eigenvalue weighted by molar-refractivity contribution is 5.91. The van der Waals surface area contributed by atoms with Crippen LogP contribution in [0.15, 0.2) is 48.5 Å². The van der Waals surface area contributed by atoms with E-state index in [2.05, 4.69) is 21.4 Å². The number of anilines is 2. The van der Waals surface area contributed by atoms with Crippen molar-refractivity contribution in [2.24, 2.45) is 5.73 Å². The molecule has 9 nitrogen and oxygen atoms in total. The van der Waals surface area contributed by atoms with Crippen LogP contribution in [0.4, 0.5) is 11.4 Å². The van der Waals surface area contributed by atoms with Gasteiger partial charge in [-0.1, -0.05) is 30.7 Å². The Kier molecular flexibility index (Phi) is 7.25. The van der Waals surface area contributed by atoms with E-state index in [9.17, 15) is 5.11 Å². The van der Waals surface area contributed by atoms with Crippen molar-refractivity contribution >= 4 is 17.3 Å². The molecule has 156 valence electrons. The van der Waals surface area contributed by atoms with Crippen molar-refractivity contribution in [3.63, 3.8) is 0 Å². The van der Waals surface area contributed by atoms with E-state index in [1.54, 1.807) is 7.11 Å². The van der Waals surface area contributed by atoms with Crippen LogP contribution in [-0.2, 0) is 0 Å². The molecule has 3 rings (SSSR count). The molecular formula is C20H29N7O2. The first kappa shape index (κ1) is 20.9. The van der Waals surface area contributed by atoms with E-state index in [4.69, 9.17) is 15.9 Å².